The number of aromatic nitrogens is 3. The van der Waals surface area contributed by atoms with Crippen LogP contribution in [-0.2, 0) is 4.74 Å². The van der Waals surface area contributed by atoms with Gasteiger partial charge in [0.25, 0.3) is 0 Å². The molecular weight excluding hydrogens is 234 g/mol. The van der Waals surface area contributed by atoms with E-state index in [9.17, 15) is 9.90 Å². The molecule has 1 aliphatic carbocycles. The van der Waals surface area contributed by atoms with E-state index in [0.717, 1.165) is 19.3 Å². The predicted molar refractivity (Wildman–Crippen MR) is 64.2 cm³/mol. The van der Waals surface area contributed by atoms with E-state index in [-0.39, 0.29) is 11.7 Å². The van der Waals surface area contributed by atoms with Gasteiger partial charge in [-0.3, -0.25) is 0 Å². The minimum Gasteiger partial charge on any atom is -0.461 e. The van der Waals surface area contributed by atoms with Crippen molar-refractivity contribution in [2.75, 3.05) is 6.61 Å². The molecule has 0 spiro atoms. The first-order valence-electron chi connectivity index (χ1n) is 6.28. The van der Waals surface area contributed by atoms with Gasteiger partial charge in [0.05, 0.1) is 23.9 Å². The summed E-state index contributed by atoms with van der Waals surface area (Å²) in [5.41, 5.74) is 0.102. The molecule has 100 valence electrons. The molecule has 0 radical (unpaired) electrons. The van der Waals surface area contributed by atoms with E-state index < -0.39 is 11.6 Å². The van der Waals surface area contributed by atoms with Crippen LogP contribution in [0.15, 0.2) is 0 Å². The van der Waals surface area contributed by atoms with Crippen molar-refractivity contribution in [2.45, 2.75) is 51.7 Å². The van der Waals surface area contributed by atoms with Gasteiger partial charge in [-0.1, -0.05) is 5.21 Å². The predicted octanol–water partition coefficient (Wildman–Crippen LogP) is 1.24. The van der Waals surface area contributed by atoms with Gasteiger partial charge in [0.15, 0.2) is 5.69 Å². The molecule has 1 aliphatic rings. The highest BCUT2D eigenvalue weighted by Crippen LogP contribution is 2.39. The third-order valence-electron chi connectivity index (χ3n) is 3.57. The maximum Gasteiger partial charge on any atom is 0.360 e. The molecule has 1 fully saturated rings. The lowest BCUT2D eigenvalue weighted by Gasteiger charge is -2.26. The number of ether oxygens (including phenoxy) is 1. The SMILES string of the molecule is CCOC(=O)c1nnn(C2CCCC2(C)O)c1C. The Bertz CT molecular complexity index is 453. The van der Waals surface area contributed by atoms with E-state index in [1.807, 2.05) is 0 Å². The number of hydrogen-bond donors (Lipinski definition) is 1. The minimum absolute atomic E-state index is 0.117. The average molecular weight is 253 g/mol. The van der Waals surface area contributed by atoms with Crippen molar-refractivity contribution in [2.24, 2.45) is 0 Å². The van der Waals surface area contributed by atoms with E-state index in [2.05, 4.69) is 10.3 Å². The van der Waals surface area contributed by atoms with Crippen molar-refractivity contribution in [3.8, 4) is 0 Å². The van der Waals surface area contributed by atoms with Gasteiger partial charge in [-0.2, -0.15) is 0 Å². The largest absolute Gasteiger partial charge is 0.461 e. The quantitative estimate of drug-likeness (QED) is 0.820. The van der Waals surface area contributed by atoms with Crippen LogP contribution in [0.1, 0.15) is 55.3 Å². The summed E-state index contributed by atoms with van der Waals surface area (Å²) in [5.74, 6) is -0.459. The summed E-state index contributed by atoms with van der Waals surface area (Å²) in [5, 5.41) is 18.2. The molecule has 2 rings (SSSR count). The summed E-state index contributed by atoms with van der Waals surface area (Å²) in [6.07, 6.45) is 2.54. The molecule has 1 saturated carbocycles. The molecule has 1 heterocycles. The number of carbonyl (C=O) groups excluding carboxylic acids is 1. The van der Waals surface area contributed by atoms with Crippen LogP contribution in [0.4, 0.5) is 0 Å². The lowest BCUT2D eigenvalue weighted by molar-refractivity contribution is 0.0206. The lowest BCUT2D eigenvalue weighted by Crippen LogP contribution is -2.32. The summed E-state index contributed by atoms with van der Waals surface area (Å²) >= 11 is 0. The monoisotopic (exact) mass is 253 g/mol. The fourth-order valence-electron chi connectivity index (χ4n) is 2.54. The summed E-state index contributed by atoms with van der Waals surface area (Å²) in [7, 11) is 0. The first-order chi connectivity index (χ1) is 8.47. The van der Waals surface area contributed by atoms with Gasteiger partial charge in [0, 0.05) is 0 Å². The molecule has 0 aliphatic heterocycles. The fourth-order valence-corrected chi connectivity index (χ4v) is 2.54. The molecule has 0 saturated heterocycles. The second-order valence-corrected chi connectivity index (χ2v) is 4.95. The van der Waals surface area contributed by atoms with Crippen LogP contribution >= 0.6 is 0 Å². The van der Waals surface area contributed by atoms with Crippen LogP contribution < -0.4 is 0 Å². The Labute approximate surface area is 106 Å². The number of hydrogen-bond acceptors (Lipinski definition) is 5. The summed E-state index contributed by atoms with van der Waals surface area (Å²) in [4.78, 5) is 11.7. The first kappa shape index (κ1) is 13.0. The average Bonchev–Trinajstić information content (AvgIpc) is 2.81. The van der Waals surface area contributed by atoms with Crippen LogP contribution in [0.5, 0.6) is 0 Å². The Morgan fingerprint density at radius 2 is 2.39 bits per heavy atom. The number of nitrogens with zero attached hydrogens (tertiary/aromatic N) is 3. The first-order valence-corrected chi connectivity index (χ1v) is 6.28. The zero-order chi connectivity index (χ0) is 13.3. The van der Waals surface area contributed by atoms with E-state index in [1.165, 1.54) is 0 Å². The van der Waals surface area contributed by atoms with Crippen molar-refractivity contribution >= 4 is 5.97 Å². The van der Waals surface area contributed by atoms with Gasteiger partial charge in [0.2, 0.25) is 0 Å². The smallest absolute Gasteiger partial charge is 0.360 e. The molecule has 0 amide bonds. The maximum atomic E-state index is 11.7. The van der Waals surface area contributed by atoms with Gasteiger partial charge in [0.1, 0.15) is 0 Å². The Balaban J connectivity index is 2.28. The highest BCUT2D eigenvalue weighted by molar-refractivity contribution is 5.88. The molecule has 1 aromatic rings. The standard InChI is InChI=1S/C12H19N3O3/c1-4-18-11(16)10-8(2)15(14-13-10)9-6-5-7-12(9,3)17/h9,17H,4-7H2,1-3H3. The van der Waals surface area contributed by atoms with Crippen LogP contribution in [0, 0.1) is 6.92 Å². The number of carbonyl (C=O) groups is 1. The maximum absolute atomic E-state index is 11.7. The van der Waals surface area contributed by atoms with Crippen LogP contribution in [0.2, 0.25) is 0 Å². The third kappa shape index (κ3) is 2.12. The zero-order valence-electron chi connectivity index (χ0n) is 11.0. The number of esters is 1. The Morgan fingerprint density at radius 1 is 1.67 bits per heavy atom. The molecule has 6 heteroatoms. The highest BCUT2D eigenvalue weighted by Gasteiger charge is 2.40. The molecule has 1 aromatic heterocycles. The van der Waals surface area contributed by atoms with E-state index in [0.29, 0.717) is 12.3 Å². The van der Waals surface area contributed by atoms with Crippen molar-refractivity contribution in [3.63, 3.8) is 0 Å². The van der Waals surface area contributed by atoms with E-state index in [1.54, 1.807) is 25.5 Å². The molecule has 6 nitrogen and oxygen atoms in total. The fraction of sp³-hybridized carbons (Fsp3) is 0.750. The molecule has 2 atom stereocenters. The topological polar surface area (TPSA) is 77.2 Å². The van der Waals surface area contributed by atoms with Crippen LogP contribution in [-0.4, -0.2) is 38.3 Å². The van der Waals surface area contributed by atoms with Gasteiger partial charge >= 0.3 is 5.97 Å². The van der Waals surface area contributed by atoms with Crippen molar-refractivity contribution < 1.29 is 14.6 Å². The minimum atomic E-state index is -0.787. The third-order valence-corrected chi connectivity index (χ3v) is 3.57. The molecule has 18 heavy (non-hydrogen) atoms. The second kappa shape index (κ2) is 4.68. The number of aliphatic hydroxyl groups is 1. The van der Waals surface area contributed by atoms with Crippen molar-refractivity contribution in [1.82, 2.24) is 15.0 Å². The number of rotatable bonds is 3. The van der Waals surface area contributed by atoms with Crippen LogP contribution in [0.25, 0.3) is 0 Å². The van der Waals surface area contributed by atoms with Gasteiger partial charge in [-0.05, 0) is 40.0 Å². The van der Waals surface area contributed by atoms with Gasteiger partial charge in [-0.25, -0.2) is 9.48 Å². The molecule has 0 bridgehead atoms. The summed E-state index contributed by atoms with van der Waals surface area (Å²) < 4.78 is 6.57. The summed E-state index contributed by atoms with van der Waals surface area (Å²) in [6, 6.07) is -0.117. The Hall–Kier alpha value is -1.43. The molecule has 0 aromatic carbocycles. The van der Waals surface area contributed by atoms with E-state index >= 15 is 0 Å². The normalized spacial score (nSPS) is 27.4. The second-order valence-electron chi connectivity index (χ2n) is 4.95. The Morgan fingerprint density at radius 3 is 2.94 bits per heavy atom. The highest BCUT2D eigenvalue weighted by atomic mass is 16.5. The van der Waals surface area contributed by atoms with Gasteiger partial charge < -0.3 is 9.84 Å². The lowest BCUT2D eigenvalue weighted by atomic mass is 10.0. The van der Waals surface area contributed by atoms with Crippen LogP contribution in [0.3, 0.4) is 0 Å². The molecule has 1 N–H and O–H groups in total. The van der Waals surface area contributed by atoms with Crippen molar-refractivity contribution in [3.05, 3.63) is 11.4 Å². The van der Waals surface area contributed by atoms with Crippen molar-refractivity contribution in [1.29, 1.82) is 0 Å². The van der Waals surface area contributed by atoms with Gasteiger partial charge in [-0.15, -0.1) is 5.10 Å². The summed E-state index contributed by atoms with van der Waals surface area (Å²) in [6.45, 7) is 5.64. The zero-order valence-corrected chi connectivity index (χ0v) is 11.0. The molecule has 2 unspecified atom stereocenters. The molecular formula is C12H19N3O3. The van der Waals surface area contributed by atoms with E-state index in [4.69, 9.17) is 4.74 Å². The Kier molecular flexibility index (Phi) is 3.38.